The lowest BCUT2D eigenvalue weighted by atomic mass is 9.87. The summed E-state index contributed by atoms with van der Waals surface area (Å²) in [5, 5.41) is 22.5. The maximum atomic E-state index is 13.5. The van der Waals surface area contributed by atoms with Crippen molar-refractivity contribution in [1.82, 2.24) is 24.1 Å². The van der Waals surface area contributed by atoms with Gasteiger partial charge in [0.25, 0.3) is 11.1 Å². The summed E-state index contributed by atoms with van der Waals surface area (Å²) in [7, 11) is 0. The van der Waals surface area contributed by atoms with Crippen molar-refractivity contribution in [1.29, 1.82) is 0 Å². The lowest BCUT2D eigenvalue weighted by molar-refractivity contribution is 0.406. The first-order valence-electron chi connectivity index (χ1n) is 9.89. The number of aromatic nitrogens is 5. The summed E-state index contributed by atoms with van der Waals surface area (Å²) in [6.45, 7) is 0.961. The molecular weight excluding hydrogens is 438 g/mol. The topological polar surface area (TPSA) is 123 Å². The molecule has 3 aromatic rings. The van der Waals surface area contributed by atoms with Crippen molar-refractivity contribution in [3.8, 4) is 11.8 Å². The van der Waals surface area contributed by atoms with Gasteiger partial charge in [0.1, 0.15) is 0 Å². The zero-order valence-electron chi connectivity index (χ0n) is 16.4. The molecule has 9 nitrogen and oxygen atoms in total. The zero-order valence-corrected chi connectivity index (χ0v) is 18.0. The van der Waals surface area contributed by atoms with Gasteiger partial charge < -0.3 is 10.2 Å². The van der Waals surface area contributed by atoms with E-state index in [2.05, 4.69) is 15.0 Å². The Kier molecular flexibility index (Phi) is 5.22. The number of thioether (sulfide) groups is 2. The number of pyridine rings is 1. The summed E-state index contributed by atoms with van der Waals surface area (Å²) >= 11 is 2.81. The summed E-state index contributed by atoms with van der Waals surface area (Å²) in [5.74, 6) is -0.287. The summed E-state index contributed by atoms with van der Waals surface area (Å²) in [6.07, 6.45) is 4.67. The highest BCUT2D eigenvalue weighted by Crippen LogP contribution is 2.38. The summed E-state index contributed by atoms with van der Waals surface area (Å²) in [4.78, 5) is 39.4. The monoisotopic (exact) mass is 457 g/mol. The van der Waals surface area contributed by atoms with Crippen LogP contribution in [0.25, 0.3) is 0 Å². The molecule has 0 saturated heterocycles. The van der Waals surface area contributed by atoms with Crippen LogP contribution in [-0.4, -0.2) is 45.8 Å². The van der Waals surface area contributed by atoms with Gasteiger partial charge in [-0.05, 0) is 30.5 Å². The molecule has 5 heterocycles. The molecule has 0 bridgehead atoms. The van der Waals surface area contributed by atoms with Crippen molar-refractivity contribution in [2.75, 3.05) is 11.5 Å². The molecule has 3 aromatic heterocycles. The minimum Gasteiger partial charge on any atom is -0.493 e. The van der Waals surface area contributed by atoms with Gasteiger partial charge in [0, 0.05) is 37.0 Å². The lowest BCUT2D eigenvalue weighted by Gasteiger charge is -2.24. The Morgan fingerprint density at radius 2 is 1.32 bits per heavy atom. The van der Waals surface area contributed by atoms with Crippen LogP contribution < -0.4 is 11.1 Å². The van der Waals surface area contributed by atoms with Crippen LogP contribution in [0.1, 0.15) is 35.4 Å². The number of aromatic hydroxyl groups is 2. The van der Waals surface area contributed by atoms with Crippen molar-refractivity contribution in [2.24, 2.45) is 0 Å². The van der Waals surface area contributed by atoms with Crippen molar-refractivity contribution < 1.29 is 10.2 Å². The second-order valence-corrected chi connectivity index (χ2v) is 9.42. The third-order valence-corrected chi connectivity index (χ3v) is 7.55. The Morgan fingerprint density at radius 1 is 0.839 bits per heavy atom. The highest BCUT2D eigenvalue weighted by atomic mass is 32.2. The number of rotatable bonds is 3. The molecule has 2 N–H and O–H groups in total. The van der Waals surface area contributed by atoms with Crippen molar-refractivity contribution in [3.63, 3.8) is 0 Å². The van der Waals surface area contributed by atoms with Gasteiger partial charge in [-0.15, -0.1) is 0 Å². The molecule has 0 aromatic carbocycles. The van der Waals surface area contributed by atoms with E-state index in [1.54, 1.807) is 12.1 Å². The molecule has 2 aliphatic heterocycles. The Morgan fingerprint density at radius 3 is 1.81 bits per heavy atom. The number of hydrogen-bond acceptors (Lipinski definition) is 9. The summed E-state index contributed by atoms with van der Waals surface area (Å²) in [6, 6.07) is 3.31. The highest BCUT2D eigenvalue weighted by Gasteiger charge is 2.34. The van der Waals surface area contributed by atoms with Gasteiger partial charge in [-0.2, -0.15) is 9.97 Å². The standard InChI is InChI=1S/C20H19N5O4S2/c26-15-13(17(28)24-7-1-9-30-19(24)22-15)12(11-3-5-21-6-4-11)14-16(27)23-20-25(18(14)29)8-2-10-31-20/h3-6,12,26-27H,1-2,7-10H2. The van der Waals surface area contributed by atoms with E-state index in [4.69, 9.17) is 0 Å². The van der Waals surface area contributed by atoms with Crippen LogP contribution in [0.2, 0.25) is 0 Å². The molecular formula is C20H19N5O4S2. The van der Waals surface area contributed by atoms with E-state index in [-0.39, 0.29) is 11.1 Å². The van der Waals surface area contributed by atoms with Crippen molar-refractivity contribution in [2.45, 2.75) is 42.2 Å². The van der Waals surface area contributed by atoms with Gasteiger partial charge in [0.05, 0.1) is 17.0 Å². The SMILES string of the molecule is O=c1c(C(c2ccncc2)c2c(O)nc3n(c2=O)CCCS3)c(O)nc2n1CCCS2. The van der Waals surface area contributed by atoms with Crippen LogP contribution in [0.3, 0.4) is 0 Å². The van der Waals surface area contributed by atoms with Gasteiger partial charge in [-0.1, -0.05) is 23.5 Å². The van der Waals surface area contributed by atoms with E-state index in [0.29, 0.717) is 29.0 Å². The largest absolute Gasteiger partial charge is 0.493 e. The Labute approximate surface area is 185 Å². The molecule has 0 fully saturated rings. The zero-order chi connectivity index (χ0) is 21.5. The first kappa shape index (κ1) is 20.1. The van der Waals surface area contributed by atoms with E-state index in [1.807, 2.05) is 0 Å². The first-order chi connectivity index (χ1) is 15.1. The minimum atomic E-state index is -1.03. The van der Waals surface area contributed by atoms with Crippen molar-refractivity contribution >= 4 is 23.5 Å². The van der Waals surface area contributed by atoms with Crippen molar-refractivity contribution in [3.05, 3.63) is 61.9 Å². The molecule has 0 saturated carbocycles. The highest BCUT2D eigenvalue weighted by molar-refractivity contribution is 7.99. The van der Waals surface area contributed by atoms with Crippen LogP contribution >= 0.6 is 23.5 Å². The van der Waals surface area contributed by atoms with Crippen LogP contribution in [0.4, 0.5) is 0 Å². The quantitative estimate of drug-likeness (QED) is 0.567. The molecule has 0 amide bonds. The second-order valence-electron chi connectivity index (χ2n) is 7.29. The fourth-order valence-corrected chi connectivity index (χ4v) is 5.88. The van der Waals surface area contributed by atoms with E-state index < -0.39 is 28.8 Å². The molecule has 160 valence electrons. The fraction of sp³-hybridized carbons (Fsp3) is 0.350. The Hall–Kier alpha value is -2.79. The molecule has 0 atom stereocenters. The van der Waals surface area contributed by atoms with Crippen LogP contribution in [0, 0.1) is 0 Å². The minimum absolute atomic E-state index is 0.0457. The fourth-order valence-electron chi connectivity index (χ4n) is 4.00. The molecule has 31 heavy (non-hydrogen) atoms. The molecule has 0 radical (unpaired) electrons. The third kappa shape index (κ3) is 3.41. The maximum Gasteiger partial charge on any atom is 0.262 e. The van der Waals surface area contributed by atoms with E-state index >= 15 is 0 Å². The molecule has 0 unspecified atom stereocenters. The van der Waals surface area contributed by atoms with Crippen LogP contribution in [0.15, 0.2) is 44.4 Å². The number of fused-ring (bicyclic) bond motifs is 2. The van der Waals surface area contributed by atoms with Gasteiger partial charge in [-0.3, -0.25) is 23.7 Å². The van der Waals surface area contributed by atoms with Gasteiger partial charge in [-0.25, -0.2) is 0 Å². The lowest BCUT2D eigenvalue weighted by Crippen LogP contribution is -2.35. The van der Waals surface area contributed by atoms with E-state index in [0.717, 1.165) is 24.3 Å². The summed E-state index contributed by atoms with van der Waals surface area (Å²) in [5.41, 5.74) is -0.405. The van der Waals surface area contributed by atoms with Crippen LogP contribution in [0.5, 0.6) is 11.8 Å². The molecule has 5 rings (SSSR count). The van der Waals surface area contributed by atoms with Crippen LogP contribution in [-0.2, 0) is 13.1 Å². The average Bonchev–Trinajstić information content (AvgIpc) is 2.78. The molecule has 11 heteroatoms. The Balaban J connectivity index is 1.81. The molecule has 0 aliphatic carbocycles. The van der Waals surface area contributed by atoms with E-state index in [1.165, 1.54) is 45.1 Å². The Bertz CT molecular complexity index is 1200. The van der Waals surface area contributed by atoms with Gasteiger partial charge in [0.15, 0.2) is 10.3 Å². The molecule has 2 aliphatic rings. The first-order valence-corrected chi connectivity index (χ1v) is 11.9. The summed E-state index contributed by atoms with van der Waals surface area (Å²) < 4.78 is 3.04. The van der Waals surface area contributed by atoms with E-state index in [9.17, 15) is 19.8 Å². The normalized spacial score (nSPS) is 15.5. The van der Waals surface area contributed by atoms with Gasteiger partial charge in [0.2, 0.25) is 11.8 Å². The third-order valence-electron chi connectivity index (χ3n) is 5.43. The smallest absolute Gasteiger partial charge is 0.262 e. The molecule has 0 spiro atoms. The van der Waals surface area contributed by atoms with Gasteiger partial charge >= 0.3 is 0 Å². The number of hydrogen-bond donors (Lipinski definition) is 2. The second kappa shape index (κ2) is 8.04. The number of nitrogens with zero attached hydrogens (tertiary/aromatic N) is 5. The average molecular weight is 458 g/mol. The predicted octanol–water partition coefficient (Wildman–Crippen LogP) is 1.78. The maximum absolute atomic E-state index is 13.5. The predicted molar refractivity (Wildman–Crippen MR) is 116 cm³/mol.